The van der Waals surface area contributed by atoms with Gasteiger partial charge in [0.25, 0.3) is 0 Å². The fourth-order valence-electron chi connectivity index (χ4n) is 2.15. The Kier molecular flexibility index (Phi) is 3.70. The number of aryl methyl sites for hydroxylation is 1. The molecule has 96 valence electrons. The second-order valence-electron chi connectivity index (χ2n) is 5.16. The summed E-state index contributed by atoms with van der Waals surface area (Å²) < 4.78 is 2.09. The molecule has 0 saturated heterocycles. The van der Waals surface area contributed by atoms with Crippen molar-refractivity contribution in [3.05, 3.63) is 47.4 Å². The lowest BCUT2D eigenvalue weighted by Gasteiger charge is -2.08. The van der Waals surface area contributed by atoms with E-state index in [1.807, 2.05) is 25.1 Å². The highest BCUT2D eigenvalue weighted by atomic mass is 15.1. The highest BCUT2D eigenvalue weighted by Gasteiger charge is 2.13. The van der Waals surface area contributed by atoms with Crippen LogP contribution in [0.2, 0.25) is 0 Å². The summed E-state index contributed by atoms with van der Waals surface area (Å²) in [4.78, 5) is 4.58. The first-order chi connectivity index (χ1) is 8.58. The van der Waals surface area contributed by atoms with Crippen LogP contribution in [0.5, 0.6) is 0 Å². The Morgan fingerprint density at radius 2 is 1.89 bits per heavy atom. The lowest BCUT2D eigenvalue weighted by atomic mass is 10.1. The van der Waals surface area contributed by atoms with Gasteiger partial charge in [-0.25, -0.2) is 4.98 Å². The van der Waals surface area contributed by atoms with Gasteiger partial charge in [0.1, 0.15) is 11.6 Å². The van der Waals surface area contributed by atoms with E-state index in [2.05, 4.69) is 35.5 Å². The van der Waals surface area contributed by atoms with Crippen molar-refractivity contribution in [3.63, 3.8) is 0 Å². The van der Waals surface area contributed by atoms with Crippen LogP contribution in [0.1, 0.15) is 30.9 Å². The van der Waals surface area contributed by atoms with Crippen molar-refractivity contribution in [2.24, 2.45) is 5.92 Å². The molecule has 0 aliphatic heterocycles. The standard InChI is InChI=1S/C15H21N3/c1-11(2)9-14-15(16)18(12(3)17-14)10-13-7-5-4-6-8-13/h4-8,11H,9-10,16H2,1-3H3. The molecule has 1 aromatic heterocycles. The van der Waals surface area contributed by atoms with E-state index in [4.69, 9.17) is 5.73 Å². The van der Waals surface area contributed by atoms with Gasteiger partial charge in [-0.15, -0.1) is 0 Å². The summed E-state index contributed by atoms with van der Waals surface area (Å²) in [5.41, 5.74) is 8.48. The van der Waals surface area contributed by atoms with E-state index in [9.17, 15) is 0 Å². The number of nitrogens with two attached hydrogens (primary N) is 1. The zero-order valence-corrected chi connectivity index (χ0v) is 11.4. The summed E-state index contributed by atoms with van der Waals surface area (Å²) in [5.74, 6) is 2.38. The molecule has 1 aromatic carbocycles. The maximum absolute atomic E-state index is 6.20. The molecule has 2 rings (SSSR count). The van der Waals surface area contributed by atoms with Crippen LogP contribution in [0.4, 0.5) is 5.82 Å². The average molecular weight is 243 g/mol. The fraction of sp³-hybridized carbons (Fsp3) is 0.400. The molecule has 0 saturated carbocycles. The minimum absolute atomic E-state index is 0.576. The van der Waals surface area contributed by atoms with Crippen molar-refractivity contribution < 1.29 is 0 Å². The summed E-state index contributed by atoms with van der Waals surface area (Å²) in [6, 6.07) is 10.3. The number of nitrogens with zero attached hydrogens (tertiary/aromatic N) is 2. The molecule has 2 N–H and O–H groups in total. The summed E-state index contributed by atoms with van der Waals surface area (Å²) >= 11 is 0. The number of imidazole rings is 1. The first-order valence-corrected chi connectivity index (χ1v) is 6.43. The van der Waals surface area contributed by atoms with Crippen LogP contribution in [0.15, 0.2) is 30.3 Å². The molecule has 0 unspecified atom stereocenters. The van der Waals surface area contributed by atoms with Crippen molar-refractivity contribution >= 4 is 5.82 Å². The first kappa shape index (κ1) is 12.7. The fourth-order valence-corrected chi connectivity index (χ4v) is 2.15. The number of nitrogen functional groups attached to an aromatic ring is 1. The number of hydrogen-bond donors (Lipinski definition) is 1. The number of hydrogen-bond acceptors (Lipinski definition) is 2. The second kappa shape index (κ2) is 5.25. The molecule has 3 heteroatoms. The Morgan fingerprint density at radius 3 is 2.50 bits per heavy atom. The number of anilines is 1. The number of aromatic nitrogens is 2. The molecule has 0 bridgehead atoms. The van der Waals surface area contributed by atoms with E-state index >= 15 is 0 Å². The molecule has 0 aliphatic carbocycles. The van der Waals surface area contributed by atoms with Gasteiger partial charge >= 0.3 is 0 Å². The van der Waals surface area contributed by atoms with Crippen molar-refractivity contribution in [2.75, 3.05) is 5.73 Å². The Morgan fingerprint density at radius 1 is 1.22 bits per heavy atom. The highest BCUT2D eigenvalue weighted by molar-refractivity contribution is 5.39. The van der Waals surface area contributed by atoms with E-state index in [0.717, 1.165) is 30.3 Å². The first-order valence-electron chi connectivity index (χ1n) is 6.43. The molecule has 0 spiro atoms. The van der Waals surface area contributed by atoms with Crippen LogP contribution in [0, 0.1) is 12.8 Å². The predicted octanol–water partition coefficient (Wildman–Crippen LogP) is 3.02. The Hall–Kier alpha value is -1.77. The van der Waals surface area contributed by atoms with Gasteiger partial charge in [-0.05, 0) is 24.8 Å². The molecule has 0 atom stereocenters. The summed E-state index contributed by atoms with van der Waals surface area (Å²) in [7, 11) is 0. The Labute approximate surface area is 109 Å². The number of benzene rings is 1. The lowest BCUT2D eigenvalue weighted by Crippen LogP contribution is -2.07. The van der Waals surface area contributed by atoms with Crippen molar-refractivity contribution in [1.29, 1.82) is 0 Å². The summed E-state index contributed by atoms with van der Waals surface area (Å²) in [6.07, 6.45) is 0.939. The van der Waals surface area contributed by atoms with Crippen LogP contribution in [0.3, 0.4) is 0 Å². The maximum Gasteiger partial charge on any atom is 0.127 e. The van der Waals surface area contributed by atoms with Crippen LogP contribution >= 0.6 is 0 Å². The van der Waals surface area contributed by atoms with Gasteiger partial charge in [-0.2, -0.15) is 0 Å². The zero-order valence-electron chi connectivity index (χ0n) is 11.4. The van der Waals surface area contributed by atoms with Gasteiger partial charge in [0, 0.05) is 0 Å². The lowest BCUT2D eigenvalue weighted by molar-refractivity contribution is 0.638. The third kappa shape index (κ3) is 2.73. The normalized spacial score (nSPS) is 11.1. The third-order valence-corrected chi connectivity index (χ3v) is 3.06. The third-order valence-electron chi connectivity index (χ3n) is 3.06. The molecule has 0 radical (unpaired) electrons. The predicted molar refractivity (Wildman–Crippen MR) is 75.5 cm³/mol. The van der Waals surface area contributed by atoms with Crippen molar-refractivity contribution in [2.45, 2.75) is 33.7 Å². The molecular formula is C15H21N3. The van der Waals surface area contributed by atoms with Gasteiger partial charge in [0.05, 0.1) is 12.2 Å². The molecule has 18 heavy (non-hydrogen) atoms. The van der Waals surface area contributed by atoms with Gasteiger partial charge in [0.15, 0.2) is 0 Å². The van der Waals surface area contributed by atoms with Crippen LogP contribution in [0.25, 0.3) is 0 Å². The zero-order chi connectivity index (χ0) is 13.1. The minimum Gasteiger partial charge on any atom is -0.384 e. The van der Waals surface area contributed by atoms with Crippen molar-refractivity contribution in [3.8, 4) is 0 Å². The molecule has 0 aliphatic rings. The smallest absolute Gasteiger partial charge is 0.127 e. The topological polar surface area (TPSA) is 43.8 Å². The van der Waals surface area contributed by atoms with Crippen LogP contribution in [-0.2, 0) is 13.0 Å². The molecule has 3 nitrogen and oxygen atoms in total. The van der Waals surface area contributed by atoms with E-state index in [0.29, 0.717) is 5.92 Å². The van der Waals surface area contributed by atoms with E-state index in [1.54, 1.807) is 0 Å². The Balaban J connectivity index is 2.26. The van der Waals surface area contributed by atoms with E-state index in [-0.39, 0.29) is 0 Å². The molecule has 0 amide bonds. The SMILES string of the molecule is Cc1nc(CC(C)C)c(N)n1Cc1ccccc1. The van der Waals surface area contributed by atoms with E-state index in [1.165, 1.54) is 5.56 Å². The van der Waals surface area contributed by atoms with Crippen molar-refractivity contribution in [1.82, 2.24) is 9.55 Å². The summed E-state index contributed by atoms with van der Waals surface area (Å²) in [5, 5.41) is 0. The monoisotopic (exact) mass is 243 g/mol. The average Bonchev–Trinajstić information content (AvgIpc) is 2.58. The van der Waals surface area contributed by atoms with Crippen LogP contribution in [-0.4, -0.2) is 9.55 Å². The molecular weight excluding hydrogens is 222 g/mol. The Bertz CT molecular complexity index is 512. The molecule has 0 fully saturated rings. The van der Waals surface area contributed by atoms with Gasteiger partial charge < -0.3 is 10.3 Å². The van der Waals surface area contributed by atoms with Gasteiger partial charge in [-0.3, -0.25) is 0 Å². The maximum atomic E-state index is 6.20. The highest BCUT2D eigenvalue weighted by Crippen LogP contribution is 2.19. The van der Waals surface area contributed by atoms with Gasteiger partial charge in [-0.1, -0.05) is 44.2 Å². The molecule has 1 heterocycles. The molecule has 2 aromatic rings. The minimum atomic E-state index is 0.576. The van der Waals surface area contributed by atoms with E-state index < -0.39 is 0 Å². The number of rotatable bonds is 4. The largest absolute Gasteiger partial charge is 0.384 e. The van der Waals surface area contributed by atoms with Gasteiger partial charge in [0.2, 0.25) is 0 Å². The second-order valence-corrected chi connectivity index (χ2v) is 5.16. The van der Waals surface area contributed by atoms with Crippen LogP contribution < -0.4 is 5.73 Å². The quantitative estimate of drug-likeness (QED) is 0.897. The summed E-state index contributed by atoms with van der Waals surface area (Å²) in [6.45, 7) is 7.18.